The summed E-state index contributed by atoms with van der Waals surface area (Å²) >= 11 is 1.58. The SMILES string of the molecule is C[C@@](O)(CNC(=O)C1CC1)c1cc2ccccc2s1. The van der Waals surface area contributed by atoms with Gasteiger partial charge in [0.15, 0.2) is 0 Å². The first-order chi connectivity index (χ1) is 9.06. The van der Waals surface area contributed by atoms with E-state index in [1.165, 1.54) is 0 Å². The van der Waals surface area contributed by atoms with E-state index >= 15 is 0 Å². The van der Waals surface area contributed by atoms with Crippen molar-refractivity contribution in [3.63, 3.8) is 0 Å². The molecular weight excluding hydrogens is 258 g/mol. The van der Waals surface area contributed by atoms with Crippen molar-refractivity contribution in [3.05, 3.63) is 35.2 Å². The summed E-state index contributed by atoms with van der Waals surface area (Å²) in [5.74, 6) is 0.250. The van der Waals surface area contributed by atoms with Crippen LogP contribution in [0.2, 0.25) is 0 Å². The molecule has 100 valence electrons. The van der Waals surface area contributed by atoms with E-state index in [-0.39, 0.29) is 18.4 Å². The molecule has 2 N–H and O–H groups in total. The number of hydrogen-bond donors (Lipinski definition) is 2. The molecule has 0 unspecified atom stereocenters. The molecule has 0 bridgehead atoms. The van der Waals surface area contributed by atoms with Gasteiger partial charge in [0.05, 0.1) is 6.54 Å². The van der Waals surface area contributed by atoms with Crippen LogP contribution in [-0.4, -0.2) is 17.6 Å². The van der Waals surface area contributed by atoms with Crippen LogP contribution in [0, 0.1) is 5.92 Å². The zero-order valence-corrected chi connectivity index (χ0v) is 11.7. The maximum Gasteiger partial charge on any atom is 0.223 e. The van der Waals surface area contributed by atoms with Crippen LogP contribution >= 0.6 is 11.3 Å². The lowest BCUT2D eigenvalue weighted by Gasteiger charge is -2.22. The molecule has 1 atom stereocenters. The van der Waals surface area contributed by atoms with Crippen molar-refractivity contribution < 1.29 is 9.90 Å². The van der Waals surface area contributed by atoms with Gasteiger partial charge in [0.2, 0.25) is 5.91 Å². The Morgan fingerprint density at radius 1 is 1.47 bits per heavy atom. The molecule has 0 radical (unpaired) electrons. The van der Waals surface area contributed by atoms with Crippen LogP contribution in [0.5, 0.6) is 0 Å². The van der Waals surface area contributed by atoms with Gasteiger partial charge in [-0.3, -0.25) is 4.79 Å². The third kappa shape index (κ3) is 2.65. The van der Waals surface area contributed by atoms with Crippen molar-refractivity contribution in [2.24, 2.45) is 5.92 Å². The summed E-state index contributed by atoms with van der Waals surface area (Å²) in [5.41, 5.74) is -1.01. The fraction of sp³-hybridized carbons (Fsp3) is 0.400. The molecule has 1 aliphatic carbocycles. The van der Waals surface area contributed by atoms with Crippen LogP contribution in [0.15, 0.2) is 30.3 Å². The molecule has 0 spiro atoms. The van der Waals surface area contributed by atoms with Gasteiger partial charge in [0.1, 0.15) is 5.60 Å². The second-order valence-electron chi connectivity index (χ2n) is 5.41. The van der Waals surface area contributed by atoms with E-state index in [0.29, 0.717) is 0 Å². The van der Waals surface area contributed by atoms with Gasteiger partial charge in [-0.15, -0.1) is 11.3 Å². The predicted molar refractivity (Wildman–Crippen MR) is 77.1 cm³/mol. The minimum atomic E-state index is -1.01. The highest BCUT2D eigenvalue weighted by molar-refractivity contribution is 7.19. The maximum absolute atomic E-state index is 11.6. The average Bonchev–Trinajstić information content (AvgIpc) is 3.14. The van der Waals surface area contributed by atoms with Crippen LogP contribution in [0.3, 0.4) is 0 Å². The smallest absolute Gasteiger partial charge is 0.223 e. The van der Waals surface area contributed by atoms with Crippen molar-refractivity contribution in [1.82, 2.24) is 5.32 Å². The largest absolute Gasteiger partial charge is 0.383 e. The fourth-order valence-corrected chi connectivity index (χ4v) is 3.19. The average molecular weight is 275 g/mol. The van der Waals surface area contributed by atoms with E-state index in [2.05, 4.69) is 5.32 Å². The Labute approximate surface area is 116 Å². The Balaban J connectivity index is 1.76. The van der Waals surface area contributed by atoms with E-state index in [1.54, 1.807) is 18.3 Å². The van der Waals surface area contributed by atoms with E-state index in [4.69, 9.17) is 0 Å². The molecule has 19 heavy (non-hydrogen) atoms. The van der Waals surface area contributed by atoms with E-state index in [1.807, 2.05) is 30.3 Å². The van der Waals surface area contributed by atoms with Crippen LogP contribution in [0.25, 0.3) is 10.1 Å². The molecule has 3 nitrogen and oxygen atoms in total. The molecule has 3 rings (SSSR count). The molecule has 0 saturated heterocycles. The van der Waals surface area contributed by atoms with Crippen molar-refractivity contribution in [2.75, 3.05) is 6.54 Å². The lowest BCUT2D eigenvalue weighted by Crippen LogP contribution is -2.38. The number of nitrogens with one attached hydrogen (secondary N) is 1. The normalized spacial score (nSPS) is 18.2. The van der Waals surface area contributed by atoms with Crippen molar-refractivity contribution >= 4 is 27.3 Å². The van der Waals surface area contributed by atoms with Gasteiger partial charge in [0, 0.05) is 15.5 Å². The first-order valence-corrected chi connectivity index (χ1v) is 7.37. The monoisotopic (exact) mass is 275 g/mol. The molecule has 1 fully saturated rings. The Morgan fingerprint density at radius 3 is 2.89 bits per heavy atom. The maximum atomic E-state index is 11.6. The van der Waals surface area contributed by atoms with E-state index in [0.717, 1.165) is 27.8 Å². The summed E-state index contributed by atoms with van der Waals surface area (Å²) in [6.07, 6.45) is 1.97. The van der Waals surface area contributed by atoms with Crippen LogP contribution in [-0.2, 0) is 10.4 Å². The highest BCUT2D eigenvalue weighted by atomic mass is 32.1. The fourth-order valence-electron chi connectivity index (χ4n) is 2.08. The third-order valence-electron chi connectivity index (χ3n) is 3.51. The number of fused-ring (bicyclic) bond motifs is 1. The van der Waals surface area contributed by atoms with Gasteiger partial charge in [-0.2, -0.15) is 0 Å². The Morgan fingerprint density at radius 2 is 2.21 bits per heavy atom. The van der Waals surface area contributed by atoms with Crippen molar-refractivity contribution in [2.45, 2.75) is 25.4 Å². The summed E-state index contributed by atoms with van der Waals surface area (Å²) in [5, 5.41) is 14.5. The Kier molecular flexibility index (Phi) is 3.07. The lowest BCUT2D eigenvalue weighted by molar-refractivity contribution is -0.123. The molecular formula is C15H17NO2S. The zero-order valence-electron chi connectivity index (χ0n) is 10.8. The number of aliphatic hydroxyl groups is 1. The second-order valence-corrected chi connectivity index (χ2v) is 6.50. The van der Waals surface area contributed by atoms with E-state index in [9.17, 15) is 9.90 Å². The molecule has 1 aromatic heterocycles. The number of thiophene rings is 1. The molecule has 0 aliphatic heterocycles. The van der Waals surface area contributed by atoms with Crippen molar-refractivity contribution in [1.29, 1.82) is 0 Å². The molecule has 4 heteroatoms. The minimum Gasteiger partial charge on any atom is -0.383 e. The van der Waals surface area contributed by atoms with Crippen molar-refractivity contribution in [3.8, 4) is 0 Å². The number of rotatable bonds is 4. The van der Waals surface area contributed by atoms with Crippen LogP contribution in [0.4, 0.5) is 0 Å². The third-order valence-corrected chi connectivity index (χ3v) is 4.88. The minimum absolute atomic E-state index is 0.0707. The molecule has 1 aliphatic rings. The molecule has 1 amide bonds. The number of carbonyl (C=O) groups is 1. The first kappa shape index (κ1) is 12.6. The van der Waals surface area contributed by atoms with Crippen LogP contribution < -0.4 is 5.32 Å². The summed E-state index contributed by atoms with van der Waals surface area (Å²) in [7, 11) is 0. The van der Waals surface area contributed by atoms with Crippen LogP contribution in [0.1, 0.15) is 24.6 Å². The number of carbonyl (C=O) groups excluding carboxylic acids is 1. The Bertz CT molecular complexity index is 580. The van der Waals surface area contributed by atoms with E-state index < -0.39 is 5.60 Å². The molecule has 2 aromatic rings. The highest BCUT2D eigenvalue weighted by Crippen LogP contribution is 2.33. The van der Waals surface area contributed by atoms with Gasteiger partial charge >= 0.3 is 0 Å². The lowest BCUT2D eigenvalue weighted by atomic mass is 10.0. The Hall–Kier alpha value is -1.39. The number of amides is 1. The summed E-state index contributed by atoms with van der Waals surface area (Å²) < 4.78 is 1.16. The van der Waals surface area contributed by atoms with Gasteiger partial charge < -0.3 is 10.4 Å². The topological polar surface area (TPSA) is 49.3 Å². The number of benzene rings is 1. The quantitative estimate of drug-likeness (QED) is 0.901. The molecule has 1 aromatic carbocycles. The van der Waals surface area contributed by atoms with Gasteiger partial charge in [-0.25, -0.2) is 0 Å². The standard InChI is InChI=1S/C15H17NO2S/c1-15(18,9-16-14(17)10-6-7-10)13-8-11-4-2-3-5-12(11)19-13/h2-5,8,10,18H,6-7,9H2,1H3,(H,16,17)/t15-/m1/s1. The predicted octanol–water partition coefficient (Wildman–Crippen LogP) is 2.64. The first-order valence-electron chi connectivity index (χ1n) is 6.55. The van der Waals surface area contributed by atoms with Gasteiger partial charge in [-0.05, 0) is 37.3 Å². The highest BCUT2D eigenvalue weighted by Gasteiger charge is 2.32. The number of hydrogen-bond acceptors (Lipinski definition) is 3. The van der Waals surface area contributed by atoms with Gasteiger partial charge in [-0.1, -0.05) is 18.2 Å². The zero-order chi connectivity index (χ0) is 13.5. The summed E-state index contributed by atoms with van der Waals surface area (Å²) in [4.78, 5) is 12.5. The second kappa shape index (κ2) is 4.62. The summed E-state index contributed by atoms with van der Waals surface area (Å²) in [6.45, 7) is 2.03. The van der Waals surface area contributed by atoms with Gasteiger partial charge in [0.25, 0.3) is 0 Å². The molecule has 1 saturated carbocycles. The summed E-state index contributed by atoms with van der Waals surface area (Å²) in [6, 6.07) is 10.1. The molecule has 1 heterocycles.